The predicted molar refractivity (Wildman–Crippen MR) is 78.7 cm³/mol. The van der Waals surface area contributed by atoms with Crippen molar-refractivity contribution in [2.45, 2.75) is 82.5 Å². The van der Waals surface area contributed by atoms with Crippen molar-refractivity contribution in [1.29, 1.82) is 0 Å². The molecule has 0 aromatic carbocycles. The first-order chi connectivity index (χ1) is 10.0. The van der Waals surface area contributed by atoms with E-state index in [4.69, 9.17) is 4.74 Å². The van der Waals surface area contributed by atoms with Crippen molar-refractivity contribution in [1.82, 2.24) is 10.2 Å². The van der Waals surface area contributed by atoms with Crippen molar-refractivity contribution in [3.8, 4) is 0 Å². The molecule has 2 saturated heterocycles. The van der Waals surface area contributed by atoms with Crippen LogP contribution < -0.4 is 5.32 Å². The second-order valence-electron chi connectivity index (χ2n) is 6.88. The zero-order chi connectivity index (χ0) is 15.0. The molecule has 2 aliphatic heterocycles. The molecule has 3 aliphatic rings. The lowest BCUT2D eigenvalue weighted by molar-refractivity contribution is -0.162. The Bertz CT molecular complexity index is 431. The van der Waals surface area contributed by atoms with Gasteiger partial charge in [-0.2, -0.15) is 0 Å². The fraction of sp³-hybridized carbons (Fsp3) is 0.875. The summed E-state index contributed by atoms with van der Waals surface area (Å²) in [4.78, 5) is 27.4. The van der Waals surface area contributed by atoms with Crippen LogP contribution in [0.1, 0.15) is 58.8 Å². The van der Waals surface area contributed by atoms with E-state index in [-0.39, 0.29) is 30.0 Å². The summed E-state index contributed by atoms with van der Waals surface area (Å²) in [6.07, 6.45) is 6.63. The molecule has 5 heteroatoms. The molecule has 0 bridgehead atoms. The Hall–Kier alpha value is -1.10. The summed E-state index contributed by atoms with van der Waals surface area (Å²) in [5.41, 5.74) is -0.622. The second-order valence-corrected chi connectivity index (χ2v) is 6.88. The number of amides is 2. The quantitative estimate of drug-likeness (QED) is 0.799. The maximum atomic E-state index is 13.1. The Morgan fingerprint density at radius 2 is 1.90 bits per heavy atom. The third-order valence-corrected chi connectivity index (χ3v) is 5.36. The number of nitrogens with zero attached hydrogens (tertiary/aromatic N) is 1. The number of hydrogen-bond donors (Lipinski definition) is 1. The third-order valence-electron chi connectivity index (χ3n) is 5.36. The van der Waals surface area contributed by atoms with E-state index in [1.165, 1.54) is 0 Å². The molecule has 2 heterocycles. The van der Waals surface area contributed by atoms with Crippen LogP contribution in [0.3, 0.4) is 0 Å². The molecule has 1 N–H and O–H groups in total. The van der Waals surface area contributed by atoms with Crippen LogP contribution in [-0.4, -0.2) is 47.0 Å². The minimum absolute atomic E-state index is 0.00986. The number of nitrogens with one attached hydrogen (secondary N) is 1. The van der Waals surface area contributed by atoms with Gasteiger partial charge < -0.3 is 15.0 Å². The first kappa shape index (κ1) is 14.8. The molecule has 3 fully saturated rings. The van der Waals surface area contributed by atoms with Crippen molar-refractivity contribution in [2.75, 3.05) is 6.61 Å². The van der Waals surface area contributed by atoms with E-state index in [1.807, 2.05) is 18.7 Å². The Morgan fingerprint density at radius 3 is 2.57 bits per heavy atom. The monoisotopic (exact) mass is 294 g/mol. The molecule has 3 rings (SSSR count). The van der Waals surface area contributed by atoms with E-state index in [9.17, 15) is 9.59 Å². The van der Waals surface area contributed by atoms with Crippen molar-refractivity contribution in [3.63, 3.8) is 0 Å². The van der Waals surface area contributed by atoms with Crippen LogP contribution in [0.15, 0.2) is 0 Å². The minimum atomic E-state index is -0.622. The van der Waals surface area contributed by atoms with Gasteiger partial charge in [-0.25, -0.2) is 0 Å². The second kappa shape index (κ2) is 5.59. The molecule has 0 radical (unpaired) electrons. The van der Waals surface area contributed by atoms with Gasteiger partial charge in [0.1, 0.15) is 11.6 Å². The van der Waals surface area contributed by atoms with Crippen molar-refractivity contribution in [3.05, 3.63) is 0 Å². The van der Waals surface area contributed by atoms with Crippen LogP contribution in [0.2, 0.25) is 0 Å². The van der Waals surface area contributed by atoms with Gasteiger partial charge in [-0.15, -0.1) is 0 Å². The van der Waals surface area contributed by atoms with Crippen LogP contribution in [0.4, 0.5) is 0 Å². The zero-order valence-electron chi connectivity index (χ0n) is 13.1. The van der Waals surface area contributed by atoms with Gasteiger partial charge in [0.2, 0.25) is 11.8 Å². The highest BCUT2D eigenvalue weighted by atomic mass is 16.5. The summed E-state index contributed by atoms with van der Waals surface area (Å²) >= 11 is 0. The first-order valence-electron chi connectivity index (χ1n) is 8.30. The fourth-order valence-electron chi connectivity index (χ4n) is 4.15. The Labute approximate surface area is 126 Å². The summed E-state index contributed by atoms with van der Waals surface area (Å²) in [5.74, 6) is 0.157. The Balaban J connectivity index is 1.86. The SMILES string of the molecule is CC1CC(N2C(=O)C3(CCCCC3)NC(=O)C2C)CCO1. The van der Waals surface area contributed by atoms with Crippen molar-refractivity contribution in [2.24, 2.45) is 0 Å². The van der Waals surface area contributed by atoms with Gasteiger partial charge in [-0.3, -0.25) is 9.59 Å². The summed E-state index contributed by atoms with van der Waals surface area (Å²) in [6, 6.07) is -0.221. The van der Waals surface area contributed by atoms with Gasteiger partial charge in [0, 0.05) is 12.6 Å². The predicted octanol–water partition coefficient (Wildman–Crippen LogP) is 1.60. The number of piperazine rings is 1. The summed E-state index contributed by atoms with van der Waals surface area (Å²) in [5, 5.41) is 3.05. The number of ether oxygens (including phenoxy) is 1. The highest BCUT2D eigenvalue weighted by Crippen LogP contribution is 2.35. The van der Waals surface area contributed by atoms with Gasteiger partial charge in [0.05, 0.1) is 6.10 Å². The lowest BCUT2D eigenvalue weighted by atomic mass is 9.77. The molecule has 3 atom stereocenters. The summed E-state index contributed by atoms with van der Waals surface area (Å²) in [7, 11) is 0. The van der Waals surface area contributed by atoms with E-state index in [0.29, 0.717) is 6.61 Å². The fourth-order valence-corrected chi connectivity index (χ4v) is 4.15. The van der Waals surface area contributed by atoms with Crippen LogP contribution in [-0.2, 0) is 14.3 Å². The normalized spacial score (nSPS) is 36.7. The molecule has 5 nitrogen and oxygen atoms in total. The summed E-state index contributed by atoms with van der Waals surface area (Å²) < 4.78 is 5.59. The zero-order valence-corrected chi connectivity index (χ0v) is 13.1. The number of carbonyl (C=O) groups is 2. The molecule has 0 aromatic heterocycles. The third kappa shape index (κ3) is 2.56. The molecule has 1 saturated carbocycles. The Morgan fingerprint density at radius 1 is 1.19 bits per heavy atom. The van der Waals surface area contributed by atoms with Crippen LogP contribution >= 0.6 is 0 Å². The molecule has 1 spiro atoms. The standard InChI is InChI=1S/C16H26N2O3/c1-11-10-13(6-9-21-11)18-12(2)14(19)17-16(15(18)20)7-4-3-5-8-16/h11-13H,3-10H2,1-2H3,(H,17,19). The molecule has 2 amide bonds. The van der Waals surface area contributed by atoms with Crippen molar-refractivity contribution < 1.29 is 14.3 Å². The van der Waals surface area contributed by atoms with Crippen LogP contribution in [0.25, 0.3) is 0 Å². The van der Waals surface area contributed by atoms with Crippen LogP contribution in [0.5, 0.6) is 0 Å². The van der Waals surface area contributed by atoms with E-state index in [2.05, 4.69) is 5.32 Å². The molecule has 21 heavy (non-hydrogen) atoms. The van der Waals surface area contributed by atoms with Crippen LogP contribution in [0, 0.1) is 0 Å². The smallest absolute Gasteiger partial charge is 0.249 e. The maximum Gasteiger partial charge on any atom is 0.249 e. The maximum absolute atomic E-state index is 13.1. The minimum Gasteiger partial charge on any atom is -0.378 e. The van der Waals surface area contributed by atoms with Gasteiger partial charge >= 0.3 is 0 Å². The lowest BCUT2D eigenvalue weighted by Crippen LogP contribution is -2.72. The first-order valence-corrected chi connectivity index (χ1v) is 8.30. The average Bonchev–Trinajstić information content (AvgIpc) is 2.47. The summed E-state index contributed by atoms with van der Waals surface area (Å²) in [6.45, 7) is 4.57. The molecule has 1 aliphatic carbocycles. The number of rotatable bonds is 1. The van der Waals surface area contributed by atoms with Crippen molar-refractivity contribution >= 4 is 11.8 Å². The highest BCUT2D eigenvalue weighted by Gasteiger charge is 2.51. The van der Waals surface area contributed by atoms with E-state index in [0.717, 1.165) is 44.9 Å². The molecule has 3 unspecified atom stereocenters. The largest absolute Gasteiger partial charge is 0.378 e. The van der Waals surface area contributed by atoms with Gasteiger partial charge in [0.25, 0.3) is 0 Å². The van der Waals surface area contributed by atoms with Gasteiger partial charge in [0.15, 0.2) is 0 Å². The highest BCUT2D eigenvalue weighted by molar-refractivity contribution is 5.99. The van der Waals surface area contributed by atoms with E-state index in [1.54, 1.807) is 0 Å². The van der Waals surface area contributed by atoms with E-state index >= 15 is 0 Å². The Kier molecular flexibility index (Phi) is 3.95. The average molecular weight is 294 g/mol. The van der Waals surface area contributed by atoms with Gasteiger partial charge in [-0.1, -0.05) is 19.3 Å². The van der Waals surface area contributed by atoms with Gasteiger partial charge in [-0.05, 0) is 39.5 Å². The molecular weight excluding hydrogens is 268 g/mol. The van der Waals surface area contributed by atoms with E-state index < -0.39 is 5.54 Å². The molecule has 118 valence electrons. The topological polar surface area (TPSA) is 58.6 Å². The lowest BCUT2D eigenvalue weighted by Gasteiger charge is -2.50. The number of carbonyl (C=O) groups excluding carboxylic acids is 2. The number of hydrogen-bond acceptors (Lipinski definition) is 3. The molecule has 0 aromatic rings. The molecular formula is C16H26N2O3.